The van der Waals surface area contributed by atoms with E-state index in [0.717, 1.165) is 25.5 Å². The minimum absolute atomic E-state index is 0.0430. The van der Waals surface area contributed by atoms with E-state index in [0.29, 0.717) is 11.5 Å². The molecule has 1 nitrogen and oxygen atoms in total. The molecule has 2 heteroatoms. The molecule has 0 spiro atoms. The Labute approximate surface area is 104 Å². The van der Waals surface area contributed by atoms with Gasteiger partial charge in [0.2, 0.25) is 0 Å². The number of carbonyl (C=O) groups is 1. The third kappa shape index (κ3) is 8.32. The van der Waals surface area contributed by atoms with Crippen molar-refractivity contribution < 1.29 is 4.79 Å². The van der Waals surface area contributed by atoms with Gasteiger partial charge in [-0.2, -0.15) is 0 Å². The molecule has 0 radical (unpaired) electrons. The first-order valence-corrected chi connectivity index (χ1v) is 5.81. The zero-order chi connectivity index (χ0) is 12.4. The van der Waals surface area contributed by atoms with E-state index >= 15 is 0 Å². The van der Waals surface area contributed by atoms with Crippen LogP contribution in [0.2, 0.25) is 0 Å². The maximum absolute atomic E-state index is 10.8. The molecule has 0 aromatic rings. The Morgan fingerprint density at radius 2 is 2.19 bits per heavy atom. The Morgan fingerprint density at radius 1 is 1.50 bits per heavy atom. The molecule has 0 heterocycles. The zero-order valence-corrected chi connectivity index (χ0v) is 10.8. The fourth-order valence-corrected chi connectivity index (χ4v) is 1.66. The van der Waals surface area contributed by atoms with Gasteiger partial charge in [0, 0.05) is 17.4 Å². The Bertz CT molecular complexity index is 317. The third-order valence-electron chi connectivity index (χ3n) is 2.20. The lowest BCUT2D eigenvalue weighted by Crippen LogP contribution is -2.02. The van der Waals surface area contributed by atoms with Crippen molar-refractivity contribution in [3.05, 3.63) is 23.3 Å². The van der Waals surface area contributed by atoms with Crippen molar-refractivity contribution in [2.45, 2.75) is 39.5 Å². The molecule has 88 valence electrons. The maximum Gasteiger partial charge on any atom is 0.123 e. The summed E-state index contributed by atoms with van der Waals surface area (Å²) in [5, 5.41) is 0.543. The van der Waals surface area contributed by atoms with Gasteiger partial charge in [0.15, 0.2) is 0 Å². The van der Waals surface area contributed by atoms with Gasteiger partial charge < -0.3 is 4.79 Å². The quantitative estimate of drug-likeness (QED) is 0.283. The fourth-order valence-electron chi connectivity index (χ4n) is 1.47. The highest BCUT2D eigenvalue weighted by Crippen LogP contribution is 2.19. The number of hydrogen-bond donors (Lipinski definition) is 0. The number of carbonyl (C=O) groups excluding carboxylic acids is 1. The number of allylic oxidation sites excluding steroid dienone is 3. The summed E-state index contributed by atoms with van der Waals surface area (Å²) in [6, 6.07) is 0. The second-order valence-corrected chi connectivity index (χ2v) is 4.37. The van der Waals surface area contributed by atoms with Crippen LogP contribution in [0, 0.1) is 17.8 Å². The van der Waals surface area contributed by atoms with Crippen molar-refractivity contribution in [1.29, 1.82) is 0 Å². The summed E-state index contributed by atoms with van der Waals surface area (Å²) >= 11 is 5.69. The molecule has 16 heavy (non-hydrogen) atoms. The molecule has 0 fully saturated rings. The van der Waals surface area contributed by atoms with E-state index in [2.05, 4.69) is 24.5 Å². The molecule has 0 N–H and O–H groups in total. The molecule has 0 bridgehead atoms. The molecular formula is C14H19ClO. The number of hydrogen-bond acceptors (Lipinski definition) is 1. The van der Waals surface area contributed by atoms with E-state index in [-0.39, 0.29) is 5.92 Å². The monoisotopic (exact) mass is 238 g/mol. The number of aldehydes is 1. The first-order chi connectivity index (χ1) is 7.60. The first kappa shape index (κ1) is 15.0. The summed E-state index contributed by atoms with van der Waals surface area (Å²) in [5.41, 5.74) is 1.22. The maximum atomic E-state index is 10.8. The molecule has 0 aromatic heterocycles. The molecular weight excluding hydrogens is 220 g/mol. The van der Waals surface area contributed by atoms with Gasteiger partial charge in [-0.15, -0.1) is 11.8 Å². The molecule has 0 aliphatic carbocycles. The number of unbranched alkanes of at least 4 members (excludes halogenated alkanes) is 1. The Hall–Kier alpha value is -1.00. The summed E-state index contributed by atoms with van der Waals surface area (Å²) in [7, 11) is 0. The summed E-state index contributed by atoms with van der Waals surface area (Å²) in [6.07, 6.45) is 6.23. The van der Waals surface area contributed by atoms with Crippen LogP contribution in [0.25, 0.3) is 0 Å². The zero-order valence-electron chi connectivity index (χ0n) is 10.1. The predicted octanol–water partition coefficient (Wildman–Crippen LogP) is 4.08. The molecule has 1 atom stereocenters. The van der Waals surface area contributed by atoms with E-state index in [9.17, 15) is 4.79 Å². The van der Waals surface area contributed by atoms with Crippen molar-refractivity contribution >= 4 is 17.9 Å². The van der Waals surface area contributed by atoms with Crippen molar-refractivity contribution in [3.63, 3.8) is 0 Å². The average molecular weight is 239 g/mol. The summed E-state index contributed by atoms with van der Waals surface area (Å²) in [5.74, 6) is 5.82. The van der Waals surface area contributed by atoms with E-state index in [4.69, 9.17) is 11.6 Å². The molecule has 0 amide bonds. The Morgan fingerprint density at radius 3 is 2.69 bits per heavy atom. The van der Waals surface area contributed by atoms with Crippen LogP contribution in [0.5, 0.6) is 0 Å². The predicted molar refractivity (Wildman–Crippen MR) is 70.2 cm³/mol. The van der Waals surface area contributed by atoms with Crippen molar-refractivity contribution in [2.75, 3.05) is 0 Å². The molecule has 0 aliphatic heterocycles. The second kappa shape index (κ2) is 9.24. The smallest absolute Gasteiger partial charge is 0.123 e. The van der Waals surface area contributed by atoms with Gasteiger partial charge >= 0.3 is 0 Å². The van der Waals surface area contributed by atoms with Gasteiger partial charge in [0.05, 0.1) is 0 Å². The van der Waals surface area contributed by atoms with Crippen molar-refractivity contribution in [2.24, 2.45) is 5.92 Å². The van der Waals surface area contributed by atoms with Gasteiger partial charge in [0.1, 0.15) is 6.29 Å². The highest BCUT2D eigenvalue weighted by molar-refractivity contribution is 6.29. The van der Waals surface area contributed by atoms with Crippen LogP contribution < -0.4 is 0 Å². The summed E-state index contributed by atoms with van der Waals surface area (Å²) < 4.78 is 0. The van der Waals surface area contributed by atoms with E-state index in [1.165, 1.54) is 5.57 Å². The number of rotatable bonds is 7. The van der Waals surface area contributed by atoms with Crippen LogP contribution >= 0.6 is 11.6 Å². The topological polar surface area (TPSA) is 17.1 Å². The Kier molecular flexibility index (Phi) is 8.66. The fraction of sp³-hybridized carbons (Fsp3) is 0.500. The average Bonchev–Trinajstić information content (AvgIpc) is 2.23. The van der Waals surface area contributed by atoms with Crippen LogP contribution in [-0.4, -0.2) is 6.29 Å². The van der Waals surface area contributed by atoms with Gasteiger partial charge in [-0.3, -0.25) is 0 Å². The normalized spacial score (nSPS) is 12.6. The Balaban J connectivity index is 4.06. The molecule has 0 aromatic carbocycles. The number of halogens is 1. The lowest BCUT2D eigenvalue weighted by molar-refractivity contribution is -0.111. The second-order valence-electron chi connectivity index (χ2n) is 3.84. The van der Waals surface area contributed by atoms with Crippen LogP contribution in [0.3, 0.4) is 0 Å². The standard InChI is InChI=1S/C14H19ClO/c1-4-5-6-7-8-12(2)9-14(11-16)10-13(3)15/h8,11,14H,3,6-7,9-10H2,1-2H3/b12-8+. The highest BCUT2D eigenvalue weighted by atomic mass is 35.5. The van der Waals surface area contributed by atoms with Crippen LogP contribution in [0.15, 0.2) is 23.3 Å². The lowest BCUT2D eigenvalue weighted by atomic mass is 9.97. The van der Waals surface area contributed by atoms with Gasteiger partial charge in [-0.1, -0.05) is 29.8 Å². The van der Waals surface area contributed by atoms with Crippen LogP contribution in [0.1, 0.15) is 39.5 Å². The first-order valence-electron chi connectivity index (χ1n) is 5.44. The minimum Gasteiger partial charge on any atom is -0.303 e. The van der Waals surface area contributed by atoms with Crippen molar-refractivity contribution in [1.82, 2.24) is 0 Å². The van der Waals surface area contributed by atoms with Gasteiger partial charge in [0.25, 0.3) is 0 Å². The largest absolute Gasteiger partial charge is 0.303 e. The van der Waals surface area contributed by atoms with Crippen LogP contribution in [0.4, 0.5) is 0 Å². The van der Waals surface area contributed by atoms with Crippen molar-refractivity contribution in [3.8, 4) is 11.8 Å². The van der Waals surface area contributed by atoms with E-state index in [1.807, 2.05) is 13.8 Å². The highest BCUT2D eigenvalue weighted by Gasteiger charge is 2.08. The lowest BCUT2D eigenvalue weighted by Gasteiger charge is -2.09. The SMILES string of the molecule is C=C(Cl)CC(C=O)C/C(C)=C/CCC#CC. The van der Waals surface area contributed by atoms with Crippen LogP contribution in [-0.2, 0) is 4.79 Å². The molecule has 0 rings (SSSR count). The van der Waals surface area contributed by atoms with E-state index in [1.54, 1.807) is 0 Å². The van der Waals surface area contributed by atoms with Gasteiger partial charge in [-0.25, -0.2) is 0 Å². The molecule has 0 aliphatic rings. The summed E-state index contributed by atoms with van der Waals surface area (Å²) in [4.78, 5) is 10.8. The minimum atomic E-state index is -0.0430. The molecule has 1 unspecified atom stereocenters. The van der Waals surface area contributed by atoms with Gasteiger partial charge in [-0.05, 0) is 33.1 Å². The molecule has 0 saturated heterocycles. The molecule has 0 saturated carbocycles. The van der Waals surface area contributed by atoms with E-state index < -0.39 is 0 Å². The third-order valence-corrected chi connectivity index (χ3v) is 2.35. The summed E-state index contributed by atoms with van der Waals surface area (Å²) in [6.45, 7) is 7.48.